The van der Waals surface area contributed by atoms with Crippen LogP contribution in [0.15, 0.2) is 52.2 Å². The highest BCUT2D eigenvalue weighted by atomic mass is 16.5. The first-order chi connectivity index (χ1) is 18.4. The number of carbonyl (C=O) groups excluding carboxylic acids is 1. The number of rotatable bonds is 9. The van der Waals surface area contributed by atoms with Crippen molar-refractivity contribution in [3.8, 4) is 22.8 Å². The van der Waals surface area contributed by atoms with Crippen LogP contribution in [0.5, 0.6) is 0 Å². The minimum Gasteiger partial charge on any atom is -0.460 e. The molecule has 1 atom stereocenters. The molecule has 0 radical (unpaired) electrons. The molecule has 0 fully saturated rings. The molecular formula is C25H26N8O5. The van der Waals surface area contributed by atoms with Crippen molar-refractivity contribution in [1.82, 2.24) is 34.1 Å². The van der Waals surface area contributed by atoms with Gasteiger partial charge in [0.2, 0.25) is 5.76 Å². The molecule has 5 aromatic heterocycles. The van der Waals surface area contributed by atoms with E-state index in [1.807, 2.05) is 11.3 Å². The van der Waals surface area contributed by atoms with Gasteiger partial charge in [0, 0.05) is 32.0 Å². The Labute approximate surface area is 216 Å². The topological polar surface area (TPSA) is 165 Å². The Morgan fingerprint density at radius 3 is 2.82 bits per heavy atom. The first-order valence-electron chi connectivity index (χ1n) is 12.0. The summed E-state index contributed by atoms with van der Waals surface area (Å²) in [6.45, 7) is 3.92. The zero-order valence-corrected chi connectivity index (χ0v) is 21.0. The molecule has 3 N–H and O–H groups in total. The number of imidazole rings is 1. The van der Waals surface area contributed by atoms with E-state index in [1.165, 1.54) is 4.68 Å². The highest BCUT2D eigenvalue weighted by Gasteiger charge is 2.22. The van der Waals surface area contributed by atoms with Gasteiger partial charge in [-0.25, -0.2) is 24.7 Å². The van der Waals surface area contributed by atoms with Gasteiger partial charge in [-0.2, -0.15) is 0 Å². The molecule has 0 bridgehead atoms. The number of ether oxygens (including phenoxy) is 1. The quantitative estimate of drug-likeness (QED) is 0.247. The van der Waals surface area contributed by atoms with E-state index in [4.69, 9.17) is 14.1 Å². The summed E-state index contributed by atoms with van der Waals surface area (Å²) in [5.74, 6) is 1.70. The van der Waals surface area contributed by atoms with Gasteiger partial charge in [0.05, 0.1) is 24.5 Å². The third-order valence-electron chi connectivity index (χ3n) is 5.96. The second kappa shape index (κ2) is 10.3. The summed E-state index contributed by atoms with van der Waals surface area (Å²) < 4.78 is 14.0. The molecular weight excluding hydrogens is 492 g/mol. The second-order valence-corrected chi connectivity index (χ2v) is 8.59. The van der Waals surface area contributed by atoms with Crippen molar-refractivity contribution in [2.45, 2.75) is 26.2 Å². The van der Waals surface area contributed by atoms with E-state index in [0.717, 1.165) is 0 Å². The van der Waals surface area contributed by atoms with E-state index in [-0.39, 0.29) is 36.3 Å². The molecule has 0 spiro atoms. The molecule has 0 aliphatic carbocycles. The van der Waals surface area contributed by atoms with E-state index in [9.17, 15) is 14.7 Å². The summed E-state index contributed by atoms with van der Waals surface area (Å²) in [5, 5.41) is 15.5. The number of H-pyrrole nitrogens is 1. The predicted octanol–water partition coefficient (Wildman–Crippen LogP) is 2.88. The van der Waals surface area contributed by atoms with Crippen molar-refractivity contribution in [2.75, 3.05) is 18.5 Å². The number of aromatic nitrogens is 7. The summed E-state index contributed by atoms with van der Waals surface area (Å²) in [6.07, 6.45) is 7.00. The van der Waals surface area contributed by atoms with Crippen LogP contribution in [0.4, 0.5) is 11.6 Å². The molecule has 0 aliphatic rings. The molecule has 13 nitrogen and oxygen atoms in total. The van der Waals surface area contributed by atoms with Gasteiger partial charge in [-0.1, -0.05) is 6.92 Å². The summed E-state index contributed by atoms with van der Waals surface area (Å²) >= 11 is 0. The number of nitrogens with one attached hydrogen (secondary N) is 2. The number of aliphatic hydroxyl groups is 1. The molecule has 38 heavy (non-hydrogen) atoms. The Morgan fingerprint density at radius 2 is 2.08 bits per heavy atom. The number of nitrogens with zero attached hydrogens (tertiary/aromatic N) is 6. The number of aromatic amines is 1. The van der Waals surface area contributed by atoms with E-state index in [0.29, 0.717) is 46.4 Å². The van der Waals surface area contributed by atoms with Gasteiger partial charge in [-0.15, -0.1) is 0 Å². The molecule has 0 aliphatic heterocycles. The van der Waals surface area contributed by atoms with Gasteiger partial charge in [0.25, 0.3) is 5.56 Å². The lowest BCUT2D eigenvalue weighted by Crippen LogP contribution is -2.14. The number of carbonyl (C=O) groups is 1. The average molecular weight is 519 g/mol. The van der Waals surface area contributed by atoms with Gasteiger partial charge >= 0.3 is 5.97 Å². The number of aliphatic hydroxyl groups excluding tert-OH is 1. The van der Waals surface area contributed by atoms with Crippen LogP contribution in [-0.4, -0.2) is 58.4 Å². The van der Waals surface area contributed by atoms with Crippen molar-refractivity contribution < 1.29 is 19.1 Å². The van der Waals surface area contributed by atoms with Crippen LogP contribution in [-0.2, 0) is 11.8 Å². The molecule has 0 unspecified atom stereocenters. The third kappa shape index (κ3) is 4.66. The number of fused-ring (bicyclic) bond motifs is 1. The van der Waals surface area contributed by atoms with Crippen molar-refractivity contribution in [3.63, 3.8) is 0 Å². The largest absolute Gasteiger partial charge is 0.460 e. The van der Waals surface area contributed by atoms with E-state index < -0.39 is 5.97 Å². The molecule has 5 rings (SSSR count). The van der Waals surface area contributed by atoms with E-state index in [2.05, 4.69) is 25.4 Å². The smallest absolute Gasteiger partial charge is 0.374 e. The maximum Gasteiger partial charge on any atom is 0.374 e. The first kappa shape index (κ1) is 24.9. The fraction of sp³-hybridized carbons (Fsp3) is 0.280. The number of hydrogen-bond acceptors (Lipinski definition) is 10. The van der Waals surface area contributed by atoms with Crippen LogP contribution < -0.4 is 10.9 Å². The Kier molecular flexibility index (Phi) is 6.75. The molecule has 5 aromatic rings. The van der Waals surface area contributed by atoms with Gasteiger partial charge in [-0.05, 0) is 31.5 Å². The number of esters is 1. The summed E-state index contributed by atoms with van der Waals surface area (Å²) in [4.78, 5) is 42.3. The molecule has 0 saturated heterocycles. The van der Waals surface area contributed by atoms with E-state index >= 15 is 0 Å². The Morgan fingerprint density at radius 1 is 1.24 bits per heavy atom. The van der Waals surface area contributed by atoms with Crippen LogP contribution in [0.25, 0.3) is 28.4 Å². The fourth-order valence-electron chi connectivity index (χ4n) is 4.01. The van der Waals surface area contributed by atoms with Crippen molar-refractivity contribution in [1.29, 1.82) is 0 Å². The maximum absolute atomic E-state index is 12.3. The Balaban J connectivity index is 1.52. The van der Waals surface area contributed by atoms with Crippen molar-refractivity contribution in [3.05, 3.63) is 64.9 Å². The maximum atomic E-state index is 12.3. The summed E-state index contributed by atoms with van der Waals surface area (Å²) in [6, 6.07) is 4.87. The molecule has 196 valence electrons. The van der Waals surface area contributed by atoms with Crippen LogP contribution in [0.1, 0.15) is 42.6 Å². The van der Waals surface area contributed by atoms with E-state index in [1.54, 1.807) is 57.0 Å². The lowest BCUT2D eigenvalue weighted by Gasteiger charge is -2.10. The second-order valence-electron chi connectivity index (χ2n) is 8.59. The molecule has 5 heterocycles. The summed E-state index contributed by atoms with van der Waals surface area (Å²) in [5.41, 5.74) is 1.27. The minimum atomic E-state index is -0.553. The fourth-order valence-corrected chi connectivity index (χ4v) is 4.01. The standard InChI is InChI=1S/C25H26N8O5/c1-4-37-25(36)18-6-5-17(38-18)21-16-12-27-20(13-33(16)23(31-21)14(2)8-10-34)29-19-7-9-26-22(30-19)15-11-28-32(3)24(15)35/h5-7,9,11-14,28,34H,4,8,10H2,1-3H3,(H,26,29,30)/t14-/m0/s1. The third-order valence-corrected chi connectivity index (χ3v) is 5.96. The van der Waals surface area contributed by atoms with Gasteiger partial charge < -0.3 is 24.7 Å². The highest BCUT2D eigenvalue weighted by molar-refractivity contribution is 5.87. The first-order valence-corrected chi connectivity index (χ1v) is 12.0. The van der Waals surface area contributed by atoms with Crippen molar-refractivity contribution >= 4 is 23.1 Å². The Hall–Kier alpha value is -4.78. The average Bonchev–Trinajstić information content (AvgIpc) is 3.62. The SMILES string of the molecule is CCOC(=O)c1ccc(-c2nc([C@@H](C)CCO)n3cc(Nc4ccnc(-c5c[nH]n(C)c5=O)n4)ncc23)o1. The van der Waals surface area contributed by atoms with Crippen molar-refractivity contribution in [2.24, 2.45) is 7.05 Å². The normalized spacial score (nSPS) is 12.1. The lowest BCUT2D eigenvalue weighted by molar-refractivity contribution is 0.0491. The summed E-state index contributed by atoms with van der Waals surface area (Å²) in [7, 11) is 1.61. The molecule has 0 saturated carbocycles. The Bertz CT molecular complexity index is 1660. The number of anilines is 2. The number of aryl methyl sites for hydroxylation is 1. The lowest BCUT2D eigenvalue weighted by atomic mass is 10.1. The zero-order valence-electron chi connectivity index (χ0n) is 21.0. The molecule has 0 amide bonds. The van der Waals surface area contributed by atoms with Crippen LogP contribution in [0.3, 0.4) is 0 Å². The zero-order chi connectivity index (χ0) is 26.8. The number of hydrogen-bond donors (Lipinski definition) is 3. The molecule has 13 heteroatoms. The van der Waals surface area contributed by atoms with Crippen LogP contribution in [0.2, 0.25) is 0 Å². The van der Waals surface area contributed by atoms with Gasteiger partial charge in [0.15, 0.2) is 11.6 Å². The number of furan rings is 1. The van der Waals surface area contributed by atoms with Crippen LogP contribution >= 0.6 is 0 Å². The predicted molar refractivity (Wildman–Crippen MR) is 137 cm³/mol. The monoisotopic (exact) mass is 518 g/mol. The highest BCUT2D eigenvalue weighted by Crippen LogP contribution is 2.31. The van der Waals surface area contributed by atoms with Gasteiger partial charge in [-0.3, -0.25) is 13.9 Å². The van der Waals surface area contributed by atoms with Crippen LogP contribution in [0, 0.1) is 0 Å². The van der Waals surface area contributed by atoms with Gasteiger partial charge in [0.1, 0.15) is 28.7 Å². The molecule has 0 aromatic carbocycles. The minimum absolute atomic E-state index is 0.00229.